The first kappa shape index (κ1) is 24.1. The molecule has 11 heteroatoms. The number of halogens is 1. The van der Waals surface area contributed by atoms with Crippen LogP contribution in [0.4, 0.5) is 5.69 Å². The molecule has 2 aliphatic heterocycles. The molecule has 0 amide bonds. The number of anilines is 1. The first-order valence-corrected chi connectivity index (χ1v) is 12.1. The Labute approximate surface area is 211 Å². The van der Waals surface area contributed by atoms with Crippen LogP contribution in [0.1, 0.15) is 24.6 Å². The van der Waals surface area contributed by atoms with Crippen LogP contribution in [0.15, 0.2) is 52.4 Å². The van der Waals surface area contributed by atoms with Crippen LogP contribution >= 0.6 is 11.6 Å². The molecule has 3 atom stereocenters. The number of morpholine rings is 1. The molecule has 2 aliphatic rings. The third kappa shape index (κ3) is 4.87. The van der Waals surface area contributed by atoms with E-state index in [-0.39, 0.29) is 23.2 Å². The number of nitrogens with one attached hydrogen (secondary N) is 1. The van der Waals surface area contributed by atoms with Crippen molar-refractivity contribution >= 4 is 29.3 Å². The minimum atomic E-state index is -0.749. The van der Waals surface area contributed by atoms with Crippen molar-refractivity contribution in [3.8, 4) is 11.8 Å². The fourth-order valence-electron chi connectivity index (χ4n) is 4.28. The molecule has 2 aromatic heterocycles. The number of rotatable bonds is 6. The average molecular weight is 512 g/mol. The Morgan fingerprint density at radius 3 is 2.67 bits per heavy atom. The van der Waals surface area contributed by atoms with Crippen molar-refractivity contribution in [2.45, 2.75) is 24.4 Å². The number of pyridine rings is 1. The number of hydrogen-bond donors (Lipinski definition) is 1. The van der Waals surface area contributed by atoms with Gasteiger partial charge in [-0.25, -0.2) is 4.79 Å². The second-order valence-electron chi connectivity index (χ2n) is 8.56. The number of alkyl halides is 1. The van der Waals surface area contributed by atoms with Crippen LogP contribution in [-0.2, 0) is 14.3 Å². The zero-order valence-corrected chi connectivity index (χ0v) is 20.6. The monoisotopic (exact) mass is 511 g/mol. The van der Waals surface area contributed by atoms with Crippen LogP contribution in [0.5, 0.6) is 11.8 Å². The van der Waals surface area contributed by atoms with Gasteiger partial charge in [0, 0.05) is 31.0 Å². The van der Waals surface area contributed by atoms with Gasteiger partial charge in [0.25, 0.3) is 5.56 Å². The predicted octanol–water partition coefficient (Wildman–Crippen LogP) is 1.70. The number of ether oxygens (including phenoxy) is 3. The fourth-order valence-corrected chi connectivity index (χ4v) is 4.61. The van der Waals surface area contributed by atoms with Gasteiger partial charge in [-0.3, -0.25) is 9.79 Å². The minimum absolute atomic E-state index is 0.186. The minimum Gasteiger partial charge on any atom is -0.467 e. The summed E-state index contributed by atoms with van der Waals surface area (Å²) in [7, 11) is 1.28. The van der Waals surface area contributed by atoms with E-state index >= 15 is 0 Å². The number of nitrogens with zero attached hydrogens (tertiary/aromatic N) is 4. The molecule has 1 saturated heterocycles. The summed E-state index contributed by atoms with van der Waals surface area (Å²) < 4.78 is 17.2. The Hall–Kier alpha value is -3.63. The largest absolute Gasteiger partial charge is 0.467 e. The molecule has 1 fully saturated rings. The van der Waals surface area contributed by atoms with Crippen LogP contribution in [0.2, 0.25) is 0 Å². The van der Waals surface area contributed by atoms with Gasteiger partial charge in [-0.1, -0.05) is 12.1 Å². The molecule has 10 nitrogen and oxygen atoms in total. The third-order valence-corrected chi connectivity index (χ3v) is 6.65. The molecule has 1 N–H and O–H groups in total. The summed E-state index contributed by atoms with van der Waals surface area (Å²) in [6.45, 7) is 4.80. The van der Waals surface area contributed by atoms with Crippen molar-refractivity contribution in [3.63, 3.8) is 0 Å². The lowest BCUT2D eigenvalue weighted by Crippen LogP contribution is -2.36. The third-order valence-electron chi connectivity index (χ3n) is 6.28. The average Bonchev–Trinajstić information content (AvgIpc) is 3.29. The molecule has 4 heterocycles. The zero-order valence-electron chi connectivity index (χ0n) is 19.9. The van der Waals surface area contributed by atoms with E-state index in [9.17, 15) is 9.59 Å². The van der Waals surface area contributed by atoms with Gasteiger partial charge in [-0.2, -0.15) is 4.98 Å². The number of methoxy groups -OCH3 is 1. The van der Waals surface area contributed by atoms with Gasteiger partial charge < -0.3 is 28.7 Å². The van der Waals surface area contributed by atoms with E-state index in [1.165, 1.54) is 23.9 Å². The number of benzene rings is 1. The fraction of sp³-hybridized carbons (Fsp3) is 0.360. The number of aromatic nitrogens is 3. The topological polar surface area (TPSA) is 111 Å². The standard InChI is InChI=1S/C25H26ClN5O5/c1-15(24(33)34-2)31-8-7-18(13-21(31)32)36-25-27-20-14-19(26)22(28-23(20)29-25)16-3-5-17(6-4-16)30-9-11-35-12-10-30/h3-8,13-15,19,22H,9-12H2,1-2H3,(H,27,28,29). The van der Waals surface area contributed by atoms with Gasteiger partial charge in [0.15, 0.2) is 5.49 Å². The molecule has 0 aliphatic carbocycles. The van der Waals surface area contributed by atoms with E-state index in [1.54, 1.807) is 13.0 Å². The van der Waals surface area contributed by atoms with Gasteiger partial charge in [0.1, 0.15) is 11.8 Å². The summed E-state index contributed by atoms with van der Waals surface area (Å²) in [5.41, 5.74) is 2.21. The van der Waals surface area contributed by atoms with E-state index < -0.39 is 17.6 Å². The Morgan fingerprint density at radius 1 is 1.22 bits per heavy atom. The summed E-state index contributed by atoms with van der Waals surface area (Å²) in [6.07, 6.45) is 3.34. The van der Waals surface area contributed by atoms with Gasteiger partial charge >= 0.3 is 12.0 Å². The normalized spacial score (nSPS) is 20.0. The lowest BCUT2D eigenvalue weighted by Gasteiger charge is -2.29. The second kappa shape index (κ2) is 10.2. The second-order valence-corrected chi connectivity index (χ2v) is 9.07. The Morgan fingerprint density at radius 2 is 1.97 bits per heavy atom. The summed E-state index contributed by atoms with van der Waals surface area (Å²) in [5, 5.41) is 0.280. The van der Waals surface area contributed by atoms with Gasteiger partial charge in [-0.05, 0) is 36.8 Å². The van der Waals surface area contributed by atoms with Crippen molar-refractivity contribution in [1.82, 2.24) is 14.5 Å². The van der Waals surface area contributed by atoms with Crippen LogP contribution in [0.25, 0.3) is 6.08 Å². The van der Waals surface area contributed by atoms with Crippen molar-refractivity contribution in [2.24, 2.45) is 4.99 Å². The highest BCUT2D eigenvalue weighted by molar-refractivity contribution is 6.24. The zero-order chi connectivity index (χ0) is 25.2. The maximum Gasteiger partial charge on any atom is 0.328 e. The Balaban J connectivity index is 1.34. The number of fused-ring (bicyclic) bond motifs is 1. The van der Waals surface area contributed by atoms with Gasteiger partial charge in [0.2, 0.25) is 0 Å². The number of aromatic amines is 1. The van der Waals surface area contributed by atoms with Crippen LogP contribution in [0, 0.1) is 0 Å². The molecular formula is C25H26ClN5O5. The van der Waals surface area contributed by atoms with E-state index in [0.717, 1.165) is 37.6 Å². The molecule has 0 radical (unpaired) electrons. The van der Waals surface area contributed by atoms with Crippen LogP contribution in [0.3, 0.4) is 0 Å². The Kier molecular flexibility index (Phi) is 6.80. The maximum absolute atomic E-state index is 12.4. The number of imidazole rings is 1. The van der Waals surface area contributed by atoms with Crippen LogP contribution in [-0.4, -0.2) is 59.3 Å². The highest BCUT2D eigenvalue weighted by Crippen LogP contribution is 2.29. The smallest absolute Gasteiger partial charge is 0.328 e. The first-order valence-electron chi connectivity index (χ1n) is 11.6. The van der Waals surface area contributed by atoms with Crippen molar-refractivity contribution in [3.05, 3.63) is 69.3 Å². The van der Waals surface area contributed by atoms with E-state index in [0.29, 0.717) is 10.8 Å². The summed E-state index contributed by atoms with van der Waals surface area (Å²) in [4.78, 5) is 38.7. The highest BCUT2D eigenvalue weighted by atomic mass is 35.5. The van der Waals surface area contributed by atoms with Crippen molar-refractivity contribution in [1.29, 1.82) is 0 Å². The number of esters is 1. The molecular weight excluding hydrogens is 486 g/mol. The maximum atomic E-state index is 12.4. The van der Waals surface area contributed by atoms with Crippen LogP contribution < -0.4 is 26.0 Å². The molecule has 3 aromatic rings. The summed E-state index contributed by atoms with van der Waals surface area (Å²) >= 11 is 6.66. The van der Waals surface area contributed by atoms with E-state index in [2.05, 4.69) is 27.0 Å². The molecule has 36 heavy (non-hydrogen) atoms. The highest BCUT2D eigenvalue weighted by Gasteiger charge is 2.24. The molecule has 0 bridgehead atoms. The SMILES string of the molecule is COC(=O)C(C)n1ccc(Oc2nc3c([nH]2)=CC(Cl)C(c2ccc(N4CCOCC4)cc2)N=3)cc1=O. The number of hydrogen-bond acceptors (Lipinski definition) is 8. The van der Waals surface area contributed by atoms with Crippen molar-refractivity contribution < 1.29 is 19.0 Å². The predicted molar refractivity (Wildman–Crippen MR) is 133 cm³/mol. The lowest BCUT2D eigenvalue weighted by atomic mass is 10.0. The van der Waals surface area contributed by atoms with E-state index in [1.807, 2.05) is 18.2 Å². The molecule has 3 unspecified atom stereocenters. The molecule has 5 rings (SSSR count). The molecule has 0 saturated carbocycles. The van der Waals surface area contributed by atoms with Crippen molar-refractivity contribution in [2.75, 3.05) is 38.3 Å². The van der Waals surface area contributed by atoms with Gasteiger partial charge in [0.05, 0.1) is 37.1 Å². The molecule has 188 valence electrons. The first-order chi connectivity index (χ1) is 17.4. The quantitative estimate of drug-likeness (QED) is 0.396. The number of carbonyl (C=O) groups excluding carboxylic acids is 1. The Bertz CT molecular complexity index is 1430. The molecule has 1 aromatic carbocycles. The molecule has 0 spiro atoms. The summed E-state index contributed by atoms with van der Waals surface area (Å²) in [5.74, 6) is -0.236. The number of H-pyrrole nitrogens is 1. The lowest BCUT2D eigenvalue weighted by molar-refractivity contribution is -0.144. The van der Waals surface area contributed by atoms with E-state index in [4.69, 9.17) is 30.8 Å². The number of carbonyl (C=O) groups is 1. The summed E-state index contributed by atoms with van der Waals surface area (Å²) in [6, 6.07) is 10.2. The van der Waals surface area contributed by atoms with Gasteiger partial charge in [-0.15, -0.1) is 11.6 Å².